The standard InChI is InChI=1S/C10H14BrN3/c1-8-4-2-3-5-14(8)10-12-6-9(11)7-13-10/h6-8H,2-5H2,1H3/i1D3,2D2,3D2,4D2,5D2,8D. The highest BCUT2D eigenvalue weighted by atomic mass is 79.9. The molecule has 0 saturated carbocycles. The molecule has 1 aliphatic rings. The van der Waals surface area contributed by atoms with Crippen LogP contribution in [0.25, 0.3) is 0 Å². The maximum atomic E-state index is 8.36. The molecule has 3 nitrogen and oxygen atoms in total. The lowest BCUT2D eigenvalue weighted by atomic mass is 10.0. The first-order valence-electron chi connectivity index (χ1n) is 9.65. The minimum Gasteiger partial charge on any atom is -0.338 e. The molecule has 1 saturated heterocycles. The van der Waals surface area contributed by atoms with Gasteiger partial charge in [-0.25, -0.2) is 9.97 Å². The summed E-state index contributed by atoms with van der Waals surface area (Å²) in [5, 5.41) is 0. The van der Waals surface area contributed by atoms with Gasteiger partial charge in [-0.15, -0.1) is 0 Å². The van der Waals surface area contributed by atoms with Gasteiger partial charge < -0.3 is 4.90 Å². The van der Waals surface area contributed by atoms with Crippen molar-refractivity contribution in [2.75, 3.05) is 11.4 Å². The van der Waals surface area contributed by atoms with Gasteiger partial charge in [-0.2, -0.15) is 0 Å². The second kappa shape index (κ2) is 4.26. The fourth-order valence-corrected chi connectivity index (χ4v) is 1.06. The van der Waals surface area contributed by atoms with Crippen molar-refractivity contribution < 1.29 is 16.4 Å². The molecule has 0 spiro atoms. The third-order valence-electron chi connectivity index (χ3n) is 1.44. The second-order valence-corrected chi connectivity index (χ2v) is 3.29. The predicted octanol–water partition coefficient (Wildman–Crippen LogP) is 2.62. The van der Waals surface area contributed by atoms with E-state index in [9.17, 15) is 0 Å². The van der Waals surface area contributed by atoms with Crippen LogP contribution in [0.5, 0.6) is 0 Å². The maximum absolute atomic E-state index is 8.36. The normalized spacial score (nSPS) is 55.6. The molecule has 1 aromatic rings. The molecule has 0 N–H and O–H groups in total. The van der Waals surface area contributed by atoms with Crippen molar-refractivity contribution in [2.45, 2.75) is 32.0 Å². The van der Waals surface area contributed by atoms with Gasteiger partial charge in [0.1, 0.15) is 0 Å². The molecule has 1 fully saturated rings. The molecule has 1 aromatic heterocycles. The molecule has 0 bridgehead atoms. The van der Waals surface area contributed by atoms with Crippen LogP contribution in [0.1, 0.15) is 42.4 Å². The van der Waals surface area contributed by atoms with Crippen LogP contribution >= 0.6 is 15.9 Å². The zero-order chi connectivity index (χ0) is 20.6. The molecule has 0 aliphatic carbocycles. The summed E-state index contributed by atoms with van der Waals surface area (Å²) in [7, 11) is 0. The summed E-state index contributed by atoms with van der Waals surface area (Å²) in [6.45, 7) is -7.05. The number of piperidine rings is 1. The highest BCUT2D eigenvalue weighted by Gasteiger charge is 2.20. The molecule has 14 heavy (non-hydrogen) atoms. The molecule has 0 aromatic carbocycles. The number of hydrogen-bond donors (Lipinski definition) is 0. The van der Waals surface area contributed by atoms with E-state index in [1.54, 1.807) is 0 Å². The summed E-state index contributed by atoms with van der Waals surface area (Å²) in [5.41, 5.74) is 0. The van der Waals surface area contributed by atoms with Crippen molar-refractivity contribution in [3.05, 3.63) is 16.9 Å². The van der Waals surface area contributed by atoms with Crippen LogP contribution in [-0.4, -0.2) is 22.5 Å². The molecule has 2 rings (SSSR count). The van der Waals surface area contributed by atoms with E-state index in [1.807, 2.05) is 0 Å². The average molecular weight is 268 g/mol. The first kappa shape index (κ1) is 2.94. The summed E-state index contributed by atoms with van der Waals surface area (Å²) >= 11 is 3.03. The van der Waals surface area contributed by atoms with Gasteiger partial charge in [0.05, 0.1) is 5.84 Å². The van der Waals surface area contributed by atoms with E-state index in [4.69, 9.17) is 16.4 Å². The van der Waals surface area contributed by atoms with E-state index in [-0.39, 0.29) is 4.90 Å². The second-order valence-electron chi connectivity index (χ2n) is 2.37. The average Bonchev–Trinajstić information content (AvgIpc) is 2.46. The Labute approximate surface area is 110 Å². The molecule has 4 heteroatoms. The highest BCUT2D eigenvalue weighted by Crippen LogP contribution is 2.21. The highest BCUT2D eigenvalue weighted by molar-refractivity contribution is 9.10. The quantitative estimate of drug-likeness (QED) is 0.784. The smallest absolute Gasteiger partial charge is 0.225 e. The molecule has 76 valence electrons. The Hall–Kier alpha value is -0.640. The van der Waals surface area contributed by atoms with Crippen molar-refractivity contribution in [1.29, 1.82) is 0 Å². The zero-order valence-electron chi connectivity index (χ0n) is 18.9. The van der Waals surface area contributed by atoms with Crippen LogP contribution in [0, 0.1) is 0 Å². The van der Waals surface area contributed by atoms with Gasteiger partial charge >= 0.3 is 0 Å². The van der Waals surface area contributed by atoms with E-state index in [2.05, 4.69) is 25.9 Å². The molecule has 1 atom stereocenters. The Morgan fingerprint density at radius 2 is 2.43 bits per heavy atom. The fourth-order valence-electron chi connectivity index (χ4n) is 0.857. The lowest BCUT2D eigenvalue weighted by Gasteiger charge is -2.33. The van der Waals surface area contributed by atoms with Crippen LogP contribution in [0.15, 0.2) is 16.9 Å². The van der Waals surface area contributed by atoms with Gasteiger partial charge in [-0.05, 0) is 41.9 Å². The Balaban J connectivity index is 2.94. The topological polar surface area (TPSA) is 29.0 Å². The van der Waals surface area contributed by atoms with Crippen LogP contribution in [-0.2, 0) is 0 Å². The maximum Gasteiger partial charge on any atom is 0.225 e. The molecular formula is C10H14BrN3. The third kappa shape index (κ3) is 2.05. The van der Waals surface area contributed by atoms with Crippen molar-refractivity contribution in [3.63, 3.8) is 0 Å². The van der Waals surface area contributed by atoms with Crippen molar-refractivity contribution in [2.24, 2.45) is 0 Å². The first-order chi connectivity index (χ1) is 11.4. The zero-order valence-corrected chi connectivity index (χ0v) is 8.46. The largest absolute Gasteiger partial charge is 0.338 e. The van der Waals surface area contributed by atoms with Gasteiger partial charge in [-0.3, -0.25) is 0 Å². The van der Waals surface area contributed by atoms with E-state index in [1.165, 1.54) is 0 Å². The molecule has 0 amide bonds. The molecule has 1 aliphatic heterocycles. The molecule has 0 radical (unpaired) electrons. The first-order valence-corrected chi connectivity index (χ1v) is 4.44. The summed E-state index contributed by atoms with van der Waals surface area (Å²) in [5.74, 6) is -0.757. The Morgan fingerprint density at radius 3 is 3.14 bits per heavy atom. The molecule has 2 heterocycles. The summed E-state index contributed by atoms with van der Waals surface area (Å²) in [4.78, 5) is 7.35. The van der Waals surface area contributed by atoms with Crippen molar-refractivity contribution in [1.82, 2.24) is 9.97 Å². The van der Waals surface area contributed by atoms with E-state index in [0.29, 0.717) is 4.47 Å². The van der Waals surface area contributed by atoms with Crippen LogP contribution in [0.2, 0.25) is 0 Å². The Morgan fingerprint density at radius 1 is 1.64 bits per heavy atom. The molecule has 1 unspecified atom stereocenters. The van der Waals surface area contributed by atoms with Gasteiger partial charge in [0, 0.05) is 40.0 Å². The number of halogens is 1. The van der Waals surface area contributed by atoms with Gasteiger partial charge in [0.25, 0.3) is 0 Å². The van der Waals surface area contributed by atoms with E-state index < -0.39 is 44.4 Å². The van der Waals surface area contributed by atoms with Crippen LogP contribution < -0.4 is 4.90 Å². The fraction of sp³-hybridized carbons (Fsp3) is 0.600. The van der Waals surface area contributed by atoms with Gasteiger partial charge in [0.15, 0.2) is 0 Å². The van der Waals surface area contributed by atoms with E-state index >= 15 is 0 Å². The number of hydrogen-bond acceptors (Lipinski definition) is 3. The summed E-state index contributed by atoms with van der Waals surface area (Å²) < 4.78 is 95.3. The Bertz CT molecular complexity index is 702. The lowest BCUT2D eigenvalue weighted by Crippen LogP contribution is -2.38. The predicted molar refractivity (Wildman–Crippen MR) is 60.4 cm³/mol. The van der Waals surface area contributed by atoms with Crippen molar-refractivity contribution in [3.8, 4) is 0 Å². The Kier molecular flexibility index (Phi) is 0.893. The SMILES string of the molecule is [2H]C([2H])([2H])C1([2H])N(c2ncc(Br)cn2)C([2H])([2H])C([2H])([2H])C([2H])([2H])C1([2H])[2H]. The number of rotatable bonds is 1. The summed E-state index contributed by atoms with van der Waals surface area (Å²) in [6, 6.07) is -3.56. The monoisotopic (exact) mass is 267 g/mol. The minimum absolute atomic E-state index is 0.0270. The van der Waals surface area contributed by atoms with Gasteiger partial charge in [0.2, 0.25) is 5.95 Å². The number of anilines is 1. The number of nitrogens with zero attached hydrogens (tertiary/aromatic N) is 3. The summed E-state index contributed by atoms with van der Waals surface area (Å²) in [6.07, 6.45) is -8.70. The van der Waals surface area contributed by atoms with Crippen LogP contribution in [0.3, 0.4) is 0 Å². The minimum atomic E-state index is -3.67. The van der Waals surface area contributed by atoms with E-state index in [0.717, 1.165) is 12.4 Å². The van der Waals surface area contributed by atoms with Crippen molar-refractivity contribution >= 4 is 21.9 Å². The lowest BCUT2D eigenvalue weighted by molar-refractivity contribution is 0.477. The molecular weight excluding hydrogens is 242 g/mol. The third-order valence-corrected chi connectivity index (χ3v) is 1.85. The van der Waals surface area contributed by atoms with Crippen LogP contribution in [0.4, 0.5) is 5.95 Å². The van der Waals surface area contributed by atoms with Gasteiger partial charge in [-0.1, -0.05) is 0 Å². The number of aromatic nitrogens is 2.